The molecule has 1 aliphatic rings. The van der Waals surface area contributed by atoms with Crippen molar-refractivity contribution in [2.24, 2.45) is 5.41 Å². The Morgan fingerprint density at radius 3 is 1.19 bits per heavy atom. The van der Waals surface area contributed by atoms with Gasteiger partial charge in [0, 0.05) is 0 Å². The topological polar surface area (TPSA) is 9.72 Å². The molecule has 0 N–H and O–H groups in total. The Bertz CT molecular complexity index is 423. The predicted octanol–water partition coefficient (Wildman–Crippen LogP) is 5.63. The van der Waals surface area contributed by atoms with Gasteiger partial charge < -0.3 is 0 Å². The van der Waals surface area contributed by atoms with Crippen LogP contribution >= 0.6 is 0 Å². The molecule has 0 radical (unpaired) electrons. The molecule has 0 spiro atoms. The third kappa shape index (κ3) is 4.45. The first-order valence-electron chi connectivity index (χ1n) is 10.8. The van der Waals surface area contributed by atoms with Crippen molar-refractivity contribution in [3.63, 3.8) is 0 Å². The summed E-state index contributed by atoms with van der Waals surface area (Å²) in [6.45, 7) is 28.3. The van der Waals surface area contributed by atoms with Gasteiger partial charge in [-0.2, -0.15) is 0 Å². The van der Waals surface area contributed by atoms with E-state index in [1.165, 1.54) is 6.42 Å². The molecule has 0 amide bonds. The average molecular weight is 443 g/mol. The maximum atomic E-state index is 2.92. The molecular weight excluding hydrogens is 397 g/mol. The van der Waals surface area contributed by atoms with E-state index in [0.29, 0.717) is 5.41 Å². The van der Waals surface area contributed by atoms with Crippen molar-refractivity contribution in [2.45, 2.75) is 71.9 Å². The molecule has 152 valence electrons. The first kappa shape index (κ1) is 24.3. The zero-order chi connectivity index (χ0) is 20.0. The summed E-state index contributed by atoms with van der Waals surface area (Å²) < 4.78 is 8.94. The van der Waals surface area contributed by atoms with Crippen LogP contribution in [0.3, 0.4) is 0 Å². The van der Waals surface area contributed by atoms with Gasteiger partial charge in [0.25, 0.3) is 0 Å². The van der Waals surface area contributed by atoms with Crippen LogP contribution in [0, 0.1) is 5.41 Å². The molecule has 4 heteroatoms. The molecule has 0 fully saturated rings. The van der Waals surface area contributed by atoms with E-state index in [2.05, 4.69) is 95.1 Å². The van der Waals surface area contributed by atoms with Crippen LogP contribution in [-0.2, 0) is 21.1 Å². The van der Waals surface area contributed by atoms with Crippen LogP contribution in [0.4, 0.5) is 0 Å². The van der Waals surface area contributed by atoms with Crippen molar-refractivity contribution in [1.29, 1.82) is 0 Å². The monoisotopic (exact) mass is 441 g/mol. The quantitative estimate of drug-likeness (QED) is 0.410. The molecule has 0 heterocycles. The zero-order valence-electron chi connectivity index (χ0n) is 19.1. The number of allylic oxidation sites excluding steroid dienone is 4. The Kier molecular flexibility index (Phi) is 9.47. The van der Waals surface area contributed by atoms with E-state index in [-0.39, 0.29) is 3.12 Å². The van der Waals surface area contributed by atoms with E-state index in [9.17, 15) is 0 Å². The van der Waals surface area contributed by atoms with Gasteiger partial charge in [0.2, 0.25) is 0 Å². The summed E-state index contributed by atoms with van der Waals surface area (Å²) >= 11 is -3.23. The van der Waals surface area contributed by atoms with Gasteiger partial charge in [-0.25, -0.2) is 0 Å². The normalized spacial score (nSPS) is 17.2. The maximum absolute atomic E-state index is 3.23. The van der Waals surface area contributed by atoms with Gasteiger partial charge in [0.15, 0.2) is 0 Å². The van der Waals surface area contributed by atoms with Crippen LogP contribution in [0.2, 0.25) is 3.12 Å². The van der Waals surface area contributed by atoms with Crippen LogP contribution in [0.15, 0.2) is 24.3 Å². The Hall–Kier alpha value is 0.243. The van der Waals surface area contributed by atoms with Gasteiger partial charge in [-0.15, -0.1) is 0 Å². The molecule has 0 aromatic carbocycles. The van der Waals surface area contributed by atoms with Crippen molar-refractivity contribution >= 4 is 0 Å². The van der Waals surface area contributed by atoms with Crippen LogP contribution in [-0.4, -0.2) is 47.8 Å². The summed E-state index contributed by atoms with van der Waals surface area (Å²) in [7, 11) is 0. The standard InChI is InChI=1S/C10H15.3C4H10N.Zr/c1-10(2,3)8-9-6-4-5-7-9;3*1-3-5-4-2;/h4-7H,8H2,1-3H3;3*3-4H2,1-2H3;/q;3*-1;+3. The second-order valence-corrected chi connectivity index (χ2v) is 18.7. The molecule has 0 saturated heterocycles. The SMILES string of the molecule is CC[N](CC)[Zr]([N](CC)CC)([N](CC)CC)[C]1(CC(C)(C)C)C=CC=C1. The van der Waals surface area contributed by atoms with E-state index in [1.54, 1.807) is 0 Å². The van der Waals surface area contributed by atoms with Crippen molar-refractivity contribution in [1.82, 2.24) is 8.53 Å². The van der Waals surface area contributed by atoms with Crippen LogP contribution in [0.5, 0.6) is 0 Å². The fourth-order valence-corrected chi connectivity index (χ4v) is 22.6. The third-order valence-corrected chi connectivity index (χ3v) is 21.4. The molecule has 26 heavy (non-hydrogen) atoms. The number of hydrogen-bond donors (Lipinski definition) is 0. The van der Waals surface area contributed by atoms with E-state index in [4.69, 9.17) is 0 Å². The minimum atomic E-state index is -3.23. The van der Waals surface area contributed by atoms with Gasteiger partial charge in [-0.3, -0.25) is 0 Å². The van der Waals surface area contributed by atoms with Crippen LogP contribution < -0.4 is 0 Å². The van der Waals surface area contributed by atoms with E-state index in [1.807, 2.05) is 0 Å². The molecule has 0 unspecified atom stereocenters. The molecule has 0 bridgehead atoms. The fourth-order valence-electron chi connectivity index (χ4n) is 5.32. The number of nitrogens with zero attached hydrogens (tertiary/aromatic N) is 3. The van der Waals surface area contributed by atoms with Crippen LogP contribution in [0.25, 0.3) is 0 Å². The molecule has 1 rings (SSSR count). The minimum absolute atomic E-state index is 0.191. The van der Waals surface area contributed by atoms with E-state index >= 15 is 0 Å². The summed E-state index contributed by atoms with van der Waals surface area (Å²) in [5.41, 5.74) is 0.300. The van der Waals surface area contributed by atoms with Gasteiger partial charge in [0.1, 0.15) is 0 Å². The van der Waals surface area contributed by atoms with Crippen molar-refractivity contribution in [3.05, 3.63) is 24.3 Å². The Labute approximate surface area is 170 Å². The molecule has 3 nitrogen and oxygen atoms in total. The fraction of sp³-hybridized carbons (Fsp3) is 0.818. The van der Waals surface area contributed by atoms with Gasteiger partial charge in [-0.05, 0) is 0 Å². The molecule has 0 atom stereocenters. The third-order valence-electron chi connectivity index (χ3n) is 5.96. The molecule has 0 saturated carbocycles. The number of rotatable bonds is 11. The molecule has 1 aliphatic carbocycles. The van der Waals surface area contributed by atoms with Crippen molar-refractivity contribution in [2.75, 3.05) is 39.3 Å². The van der Waals surface area contributed by atoms with Gasteiger partial charge in [-0.1, -0.05) is 0 Å². The summed E-state index contributed by atoms with van der Waals surface area (Å²) in [6.07, 6.45) is 11.1. The average Bonchev–Trinajstić information content (AvgIpc) is 3.05. The second-order valence-electron chi connectivity index (χ2n) is 8.65. The molecule has 0 aromatic heterocycles. The van der Waals surface area contributed by atoms with Crippen LogP contribution in [0.1, 0.15) is 68.7 Å². The van der Waals surface area contributed by atoms with Gasteiger partial charge in [0.05, 0.1) is 0 Å². The van der Waals surface area contributed by atoms with E-state index < -0.39 is 21.1 Å². The Balaban J connectivity index is 3.83. The van der Waals surface area contributed by atoms with E-state index in [0.717, 1.165) is 39.3 Å². The Morgan fingerprint density at radius 2 is 0.962 bits per heavy atom. The zero-order valence-corrected chi connectivity index (χ0v) is 21.6. The second kappa shape index (κ2) is 10.1. The first-order chi connectivity index (χ1) is 12.2. The van der Waals surface area contributed by atoms with Crippen molar-refractivity contribution in [3.8, 4) is 0 Å². The van der Waals surface area contributed by atoms with Crippen molar-refractivity contribution < 1.29 is 21.1 Å². The first-order valence-corrected chi connectivity index (χ1v) is 15.4. The number of hydrogen-bond acceptors (Lipinski definition) is 3. The summed E-state index contributed by atoms with van der Waals surface area (Å²) in [4.78, 5) is 0. The predicted molar refractivity (Wildman–Crippen MR) is 114 cm³/mol. The molecular formula is C22H45N3Zr. The molecule has 0 aromatic rings. The van der Waals surface area contributed by atoms with Gasteiger partial charge >= 0.3 is 171 Å². The summed E-state index contributed by atoms with van der Waals surface area (Å²) in [5, 5.41) is 0. The Morgan fingerprint density at radius 1 is 0.654 bits per heavy atom. The molecule has 0 aliphatic heterocycles. The summed E-state index contributed by atoms with van der Waals surface area (Å²) in [6, 6.07) is 0. The summed E-state index contributed by atoms with van der Waals surface area (Å²) in [5.74, 6) is 0.